The van der Waals surface area contributed by atoms with Crippen LogP contribution in [0.3, 0.4) is 0 Å². The molecule has 0 saturated carbocycles. The van der Waals surface area contributed by atoms with Gasteiger partial charge in [0.25, 0.3) is 0 Å². The highest BCUT2D eigenvalue weighted by atomic mass is 35.5. The number of nitrogens with zero attached hydrogens (tertiary/aromatic N) is 1. The molecular weight excluding hydrogens is 322 g/mol. The predicted molar refractivity (Wildman–Crippen MR) is 74.8 cm³/mol. The molecule has 0 heterocycles. The van der Waals surface area contributed by atoms with Gasteiger partial charge in [0.1, 0.15) is 6.61 Å². The molecule has 0 N–H and O–H groups in total. The number of hydrogen-bond donors (Lipinski definition) is 0. The highest BCUT2D eigenvalue weighted by Crippen LogP contribution is 2.10. The van der Waals surface area contributed by atoms with Crippen LogP contribution < -0.4 is 0 Å². The molecule has 0 bridgehead atoms. The summed E-state index contributed by atoms with van der Waals surface area (Å²) in [5.74, 6) is -3.14. The van der Waals surface area contributed by atoms with Crippen LogP contribution in [0.15, 0.2) is 40.4 Å². The van der Waals surface area contributed by atoms with Crippen molar-refractivity contribution >= 4 is 33.2 Å². The Labute approximate surface area is 126 Å². The van der Waals surface area contributed by atoms with Crippen molar-refractivity contribution in [2.45, 2.75) is 10.9 Å². The molecule has 1 unspecified atom stereocenters. The first-order valence-electron chi connectivity index (χ1n) is 5.78. The molecule has 0 spiro atoms. The summed E-state index contributed by atoms with van der Waals surface area (Å²) in [6, 6.07) is 5.74. The van der Waals surface area contributed by atoms with Crippen LogP contribution in [0.4, 0.5) is 0 Å². The van der Waals surface area contributed by atoms with Crippen molar-refractivity contribution in [1.82, 2.24) is 0 Å². The van der Waals surface area contributed by atoms with Gasteiger partial charge in [-0.2, -0.15) is 0 Å². The summed E-state index contributed by atoms with van der Waals surface area (Å²) in [4.78, 5) is 33.0. The summed E-state index contributed by atoms with van der Waals surface area (Å²) < 4.78 is 28.3. The van der Waals surface area contributed by atoms with Crippen LogP contribution in [-0.2, 0) is 24.2 Å². The molecule has 0 aliphatic rings. The summed E-state index contributed by atoms with van der Waals surface area (Å²) in [5, 5.41) is 2.32. The molecule has 1 aromatic carbocycles. The average Bonchev–Trinajstić information content (AvgIpc) is 2.48. The maximum atomic E-state index is 11.9. The van der Waals surface area contributed by atoms with E-state index in [9.17, 15) is 22.9 Å². The lowest BCUT2D eigenvalue weighted by Gasteiger charge is -2.08. The van der Waals surface area contributed by atoms with Crippen LogP contribution >= 0.6 is 11.6 Å². The Morgan fingerprint density at radius 2 is 1.86 bits per heavy atom. The second-order valence-corrected chi connectivity index (χ2v) is 6.28. The lowest BCUT2D eigenvalue weighted by Crippen LogP contribution is -2.32. The number of nitroso groups, excluding NO2 is 1. The van der Waals surface area contributed by atoms with Gasteiger partial charge in [0.15, 0.2) is 15.6 Å². The van der Waals surface area contributed by atoms with E-state index in [0.29, 0.717) is 0 Å². The second kappa shape index (κ2) is 7.84. The molecule has 1 aromatic rings. The van der Waals surface area contributed by atoms with Crippen LogP contribution in [0.2, 0.25) is 0 Å². The van der Waals surface area contributed by atoms with Gasteiger partial charge in [0.05, 0.1) is 16.5 Å². The van der Waals surface area contributed by atoms with Crippen molar-refractivity contribution in [3.8, 4) is 0 Å². The third-order valence-electron chi connectivity index (χ3n) is 2.46. The molecule has 9 heteroatoms. The summed E-state index contributed by atoms with van der Waals surface area (Å²) in [6.07, 6.45) is 0. The number of sulfone groups is 1. The Hall–Kier alpha value is -1.80. The van der Waals surface area contributed by atoms with E-state index >= 15 is 0 Å². The summed E-state index contributed by atoms with van der Waals surface area (Å²) in [5.41, 5.74) is 0. The molecule has 0 fully saturated rings. The van der Waals surface area contributed by atoms with Gasteiger partial charge >= 0.3 is 5.97 Å². The molecule has 114 valence electrons. The van der Waals surface area contributed by atoms with Gasteiger partial charge in [-0.05, 0) is 17.3 Å². The Morgan fingerprint density at radius 1 is 1.24 bits per heavy atom. The Bertz CT molecular complexity index is 616. The van der Waals surface area contributed by atoms with Crippen LogP contribution in [0, 0.1) is 4.91 Å². The first kappa shape index (κ1) is 17.3. The number of carbonyl (C=O) groups is 2. The number of carbonyl (C=O) groups excluding carboxylic acids is 2. The second-order valence-electron chi connectivity index (χ2n) is 3.91. The van der Waals surface area contributed by atoms with Crippen molar-refractivity contribution in [1.29, 1.82) is 0 Å². The molecular formula is C12H12ClNO6S. The number of ether oxygens (including phenoxy) is 1. The summed E-state index contributed by atoms with van der Waals surface area (Å²) in [6.45, 7) is -0.488. The van der Waals surface area contributed by atoms with E-state index < -0.39 is 45.9 Å². The maximum absolute atomic E-state index is 11.9. The molecule has 1 atom stereocenters. The van der Waals surface area contributed by atoms with Gasteiger partial charge in [0, 0.05) is 0 Å². The number of ketones is 1. The third-order valence-corrected chi connectivity index (χ3v) is 4.42. The molecule has 1 rings (SSSR count). The van der Waals surface area contributed by atoms with Crippen molar-refractivity contribution < 1.29 is 22.7 Å². The molecule has 0 radical (unpaired) electrons. The molecule has 21 heavy (non-hydrogen) atoms. The fourth-order valence-electron chi connectivity index (χ4n) is 1.38. The zero-order chi connectivity index (χ0) is 15.9. The molecule has 0 aromatic heterocycles. The number of benzene rings is 1. The van der Waals surface area contributed by atoms with E-state index in [1.54, 1.807) is 18.2 Å². The van der Waals surface area contributed by atoms with E-state index in [-0.39, 0.29) is 4.90 Å². The van der Waals surface area contributed by atoms with E-state index in [2.05, 4.69) is 9.91 Å². The Morgan fingerprint density at radius 3 is 2.38 bits per heavy atom. The highest BCUT2D eigenvalue weighted by Gasteiger charge is 2.29. The van der Waals surface area contributed by atoms with Crippen LogP contribution in [0.1, 0.15) is 0 Å². The lowest BCUT2D eigenvalue weighted by molar-refractivity contribution is -0.146. The fourth-order valence-corrected chi connectivity index (χ4v) is 2.64. The number of hydrogen-bond acceptors (Lipinski definition) is 7. The maximum Gasteiger partial charge on any atom is 0.342 e. The third kappa shape index (κ3) is 4.91. The monoisotopic (exact) mass is 333 g/mol. The molecule has 0 aliphatic carbocycles. The number of alkyl halides is 1. The first-order valence-corrected chi connectivity index (χ1v) is 7.96. The fraction of sp³-hybridized carbons (Fsp3) is 0.333. The van der Waals surface area contributed by atoms with Gasteiger partial charge < -0.3 is 4.74 Å². The van der Waals surface area contributed by atoms with E-state index in [1.807, 2.05) is 0 Å². The van der Waals surface area contributed by atoms with Gasteiger partial charge in [-0.25, -0.2) is 13.2 Å². The highest BCUT2D eigenvalue weighted by molar-refractivity contribution is 7.91. The van der Waals surface area contributed by atoms with Crippen LogP contribution in [-0.4, -0.2) is 44.5 Å². The standard InChI is InChI=1S/C12H12ClNO6S/c13-8-10(15)11(14-17)12(16)20-6-7-21(18,19)9-4-2-1-3-5-9/h1-5,11H,6-8H2. The van der Waals surface area contributed by atoms with Crippen molar-refractivity contribution in [2.75, 3.05) is 18.2 Å². The zero-order valence-corrected chi connectivity index (χ0v) is 12.3. The normalized spacial score (nSPS) is 12.4. The van der Waals surface area contributed by atoms with Crippen LogP contribution in [0.5, 0.6) is 0 Å². The minimum Gasteiger partial charge on any atom is -0.463 e. The van der Waals surface area contributed by atoms with Crippen molar-refractivity contribution in [2.24, 2.45) is 5.18 Å². The Kier molecular flexibility index (Phi) is 6.44. The minimum absolute atomic E-state index is 0.0861. The van der Waals surface area contributed by atoms with Crippen molar-refractivity contribution in [3.63, 3.8) is 0 Å². The molecule has 7 nitrogen and oxygen atoms in total. The van der Waals surface area contributed by atoms with E-state index in [0.717, 1.165) is 0 Å². The molecule has 0 saturated heterocycles. The van der Waals surface area contributed by atoms with Gasteiger partial charge in [-0.3, -0.25) is 4.79 Å². The molecule has 0 amide bonds. The first-order chi connectivity index (χ1) is 9.92. The van der Waals surface area contributed by atoms with Crippen LogP contribution in [0.25, 0.3) is 0 Å². The lowest BCUT2D eigenvalue weighted by atomic mass is 10.2. The van der Waals surface area contributed by atoms with E-state index in [1.165, 1.54) is 12.1 Å². The predicted octanol–water partition coefficient (Wildman–Crippen LogP) is 0.946. The Balaban J connectivity index is 2.59. The average molecular weight is 334 g/mol. The number of halogens is 1. The van der Waals surface area contributed by atoms with E-state index in [4.69, 9.17) is 11.6 Å². The number of Topliss-reactive ketones (excluding diaryl/α,β-unsaturated/α-hetero) is 1. The summed E-state index contributed by atoms with van der Waals surface area (Å²) in [7, 11) is -3.61. The number of rotatable bonds is 8. The van der Waals surface area contributed by atoms with Crippen molar-refractivity contribution in [3.05, 3.63) is 35.2 Å². The summed E-state index contributed by atoms with van der Waals surface area (Å²) >= 11 is 5.20. The molecule has 0 aliphatic heterocycles. The minimum atomic E-state index is -3.61. The smallest absolute Gasteiger partial charge is 0.342 e. The topological polar surface area (TPSA) is 107 Å². The quantitative estimate of drug-likeness (QED) is 0.303. The number of esters is 1. The van der Waals surface area contributed by atoms with Gasteiger partial charge in [-0.15, -0.1) is 16.5 Å². The largest absolute Gasteiger partial charge is 0.463 e. The van der Waals surface area contributed by atoms with Gasteiger partial charge in [0.2, 0.25) is 6.04 Å². The van der Waals surface area contributed by atoms with Gasteiger partial charge in [-0.1, -0.05) is 18.2 Å². The zero-order valence-electron chi connectivity index (χ0n) is 10.8. The SMILES string of the molecule is O=NC(C(=O)CCl)C(=O)OCCS(=O)(=O)c1ccccc1.